The normalized spacial score (nSPS) is 10.3. The Hall–Kier alpha value is -2.14. The largest absolute Gasteiger partial charge is 0.398 e. The van der Waals surface area contributed by atoms with E-state index in [1.54, 1.807) is 12.1 Å². The second kappa shape index (κ2) is 5.88. The van der Waals surface area contributed by atoms with Crippen molar-refractivity contribution >= 4 is 23.2 Å². The van der Waals surface area contributed by atoms with Gasteiger partial charge in [-0.2, -0.15) is 0 Å². The average molecular weight is 297 g/mol. The van der Waals surface area contributed by atoms with E-state index >= 15 is 0 Å². The molecule has 0 fully saturated rings. The van der Waals surface area contributed by atoms with Crippen molar-refractivity contribution in [2.75, 3.05) is 5.73 Å². The highest BCUT2D eigenvalue weighted by Gasteiger charge is 2.14. The Morgan fingerprint density at radius 2 is 1.75 bits per heavy atom. The van der Waals surface area contributed by atoms with Crippen LogP contribution in [0.4, 0.5) is 14.5 Å². The van der Waals surface area contributed by atoms with Crippen LogP contribution >= 0.6 is 11.6 Å². The first-order valence-electron chi connectivity index (χ1n) is 5.75. The number of rotatable bonds is 3. The number of carbonyl (C=O) groups excluding carboxylic acids is 1. The molecule has 0 atom stereocenters. The second-order valence-corrected chi connectivity index (χ2v) is 4.47. The Balaban J connectivity index is 2.15. The molecule has 3 nitrogen and oxygen atoms in total. The van der Waals surface area contributed by atoms with Gasteiger partial charge in [0.1, 0.15) is 11.6 Å². The van der Waals surface area contributed by atoms with Crippen molar-refractivity contribution in [3.8, 4) is 0 Å². The molecule has 2 aromatic carbocycles. The van der Waals surface area contributed by atoms with Crippen LogP contribution in [0.1, 0.15) is 15.9 Å². The number of anilines is 1. The zero-order valence-corrected chi connectivity index (χ0v) is 11.0. The lowest BCUT2D eigenvalue weighted by Gasteiger charge is -2.09. The van der Waals surface area contributed by atoms with Crippen molar-refractivity contribution < 1.29 is 13.6 Å². The second-order valence-electron chi connectivity index (χ2n) is 4.09. The van der Waals surface area contributed by atoms with E-state index in [1.807, 2.05) is 0 Å². The van der Waals surface area contributed by atoms with Gasteiger partial charge < -0.3 is 11.1 Å². The van der Waals surface area contributed by atoms with E-state index in [0.717, 1.165) is 12.1 Å². The highest BCUT2D eigenvalue weighted by Crippen LogP contribution is 2.23. The van der Waals surface area contributed by atoms with E-state index in [0.29, 0.717) is 0 Å². The first-order chi connectivity index (χ1) is 9.50. The molecule has 0 aliphatic rings. The molecular weight excluding hydrogens is 286 g/mol. The van der Waals surface area contributed by atoms with Crippen molar-refractivity contribution in [1.82, 2.24) is 5.32 Å². The maximum absolute atomic E-state index is 13.4. The molecule has 6 heteroatoms. The molecule has 0 bridgehead atoms. The number of halogens is 3. The van der Waals surface area contributed by atoms with Crippen molar-refractivity contribution in [2.45, 2.75) is 6.54 Å². The number of carbonyl (C=O) groups is 1. The van der Waals surface area contributed by atoms with Crippen LogP contribution in [0.15, 0.2) is 36.4 Å². The molecule has 0 aliphatic heterocycles. The highest BCUT2D eigenvalue weighted by atomic mass is 35.5. The van der Waals surface area contributed by atoms with Gasteiger partial charge in [-0.05, 0) is 24.3 Å². The van der Waals surface area contributed by atoms with Crippen LogP contribution in [0.3, 0.4) is 0 Å². The molecule has 1 amide bonds. The molecular formula is C14H11ClF2N2O. The highest BCUT2D eigenvalue weighted by molar-refractivity contribution is 6.36. The van der Waals surface area contributed by atoms with Gasteiger partial charge in [0.15, 0.2) is 0 Å². The molecule has 0 saturated heterocycles. The number of amides is 1. The first kappa shape index (κ1) is 14.3. The lowest BCUT2D eigenvalue weighted by molar-refractivity contribution is 0.0950. The smallest absolute Gasteiger partial charge is 0.253 e. The number of hydrogen-bond donors (Lipinski definition) is 2. The number of benzene rings is 2. The summed E-state index contributed by atoms with van der Waals surface area (Å²) in [7, 11) is 0. The van der Waals surface area contributed by atoms with Crippen LogP contribution in [0.5, 0.6) is 0 Å². The molecule has 2 aromatic rings. The average Bonchev–Trinajstić information content (AvgIpc) is 2.41. The molecule has 20 heavy (non-hydrogen) atoms. The molecule has 3 N–H and O–H groups in total. The van der Waals surface area contributed by atoms with Crippen LogP contribution in [0.2, 0.25) is 5.02 Å². The van der Waals surface area contributed by atoms with Crippen LogP contribution in [0.25, 0.3) is 0 Å². The Morgan fingerprint density at radius 3 is 2.40 bits per heavy atom. The van der Waals surface area contributed by atoms with E-state index in [9.17, 15) is 13.6 Å². The van der Waals surface area contributed by atoms with Gasteiger partial charge in [0.2, 0.25) is 0 Å². The van der Waals surface area contributed by atoms with Gasteiger partial charge in [-0.3, -0.25) is 4.79 Å². The molecule has 0 aromatic heterocycles. The minimum Gasteiger partial charge on any atom is -0.398 e. The summed E-state index contributed by atoms with van der Waals surface area (Å²) in [6.45, 7) is -0.275. The molecule has 2 rings (SSSR count). The summed E-state index contributed by atoms with van der Waals surface area (Å²) in [4.78, 5) is 11.9. The number of nitrogen functional groups attached to an aromatic ring is 1. The van der Waals surface area contributed by atoms with E-state index in [1.165, 1.54) is 12.1 Å². The third kappa shape index (κ3) is 2.88. The lowest BCUT2D eigenvalue weighted by Crippen LogP contribution is -2.24. The zero-order valence-electron chi connectivity index (χ0n) is 10.3. The number of nitrogens with one attached hydrogen (secondary N) is 1. The lowest BCUT2D eigenvalue weighted by atomic mass is 10.1. The summed E-state index contributed by atoms with van der Waals surface area (Å²) in [6.07, 6.45) is 0. The van der Waals surface area contributed by atoms with Gasteiger partial charge in [-0.15, -0.1) is 0 Å². The van der Waals surface area contributed by atoms with Gasteiger partial charge in [-0.25, -0.2) is 8.78 Å². The molecule has 104 valence electrons. The fourth-order valence-electron chi connectivity index (χ4n) is 1.69. The third-order valence-corrected chi connectivity index (χ3v) is 3.18. The molecule has 0 unspecified atom stereocenters. The van der Waals surface area contributed by atoms with Gasteiger partial charge in [0.05, 0.1) is 16.3 Å². The van der Waals surface area contributed by atoms with Crippen molar-refractivity contribution in [1.29, 1.82) is 0 Å². The minimum atomic E-state index is -0.719. The monoisotopic (exact) mass is 296 g/mol. The van der Waals surface area contributed by atoms with Crippen LogP contribution in [-0.4, -0.2) is 5.91 Å². The van der Waals surface area contributed by atoms with Gasteiger partial charge in [0.25, 0.3) is 5.91 Å². The summed E-state index contributed by atoms with van der Waals surface area (Å²) >= 11 is 5.90. The quantitative estimate of drug-likeness (QED) is 0.855. The molecule has 0 aliphatic carbocycles. The van der Waals surface area contributed by atoms with E-state index < -0.39 is 17.5 Å². The molecule has 0 saturated carbocycles. The molecule has 0 spiro atoms. The van der Waals surface area contributed by atoms with Crippen molar-refractivity contribution in [3.05, 3.63) is 64.2 Å². The summed E-state index contributed by atoms with van der Waals surface area (Å²) in [5, 5.41) is 2.52. The summed E-state index contributed by atoms with van der Waals surface area (Å²) < 4.78 is 26.8. The van der Waals surface area contributed by atoms with Crippen molar-refractivity contribution in [3.63, 3.8) is 0 Å². The summed E-state index contributed by atoms with van der Waals surface area (Å²) in [6, 6.07) is 8.10. The Morgan fingerprint density at radius 1 is 1.15 bits per heavy atom. The predicted molar refractivity (Wildman–Crippen MR) is 73.4 cm³/mol. The van der Waals surface area contributed by atoms with Gasteiger partial charge in [0, 0.05) is 12.1 Å². The van der Waals surface area contributed by atoms with E-state index in [-0.39, 0.29) is 28.4 Å². The van der Waals surface area contributed by atoms with Crippen LogP contribution < -0.4 is 11.1 Å². The maximum Gasteiger partial charge on any atom is 0.253 e. The maximum atomic E-state index is 13.4. The fourth-order valence-corrected chi connectivity index (χ4v) is 1.90. The summed E-state index contributed by atoms with van der Waals surface area (Å²) in [5.41, 5.74) is 5.79. The number of hydrogen-bond acceptors (Lipinski definition) is 2. The minimum absolute atomic E-state index is 0.110. The van der Waals surface area contributed by atoms with Crippen LogP contribution in [0, 0.1) is 11.6 Å². The topological polar surface area (TPSA) is 55.1 Å². The number of nitrogens with two attached hydrogens (primary N) is 1. The van der Waals surface area contributed by atoms with Crippen molar-refractivity contribution in [2.24, 2.45) is 0 Å². The van der Waals surface area contributed by atoms with E-state index in [2.05, 4.69) is 5.32 Å². The third-order valence-electron chi connectivity index (χ3n) is 2.76. The predicted octanol–water partition coefficient (Wildman–Crippen LogP) is 3.13. The SMILES string of the molecule is Nc1cccc(C(=O)NCc2c(F)cccc2F)c1Cl. The Kier molecular flexibility index (Phi) is 4.20. The molecule has 0 heterocycles. The zero-order chi connectivity index (χ0) is 14.7. The van der Waals surface area contributed by atoms with E-state index in [4.69, 9.17) is 17.3 Å². The van der Waals surface area contributed by atoms with Gasteiger partial charge >= 0.3 is 0 Å². The molecule has 0 radical (unpaired) electrons. The van der Waals surface area contributed by atoms with Crippen LogP contribution in [-0.2, 0) is 6.54 Å². The standard InChI is InChI=1S/C14H11ClF2N2O/c15-13-8(3-1-6-12(13)18)14(20)19-7-9-10(16)4-2-5-11(9)17/h1-6H,7,18H2,(H,19,20). The van der Waals surface area contributed by atoms with Gasteiger partial charge in [-0.1, -0.05) is 23.7 Å². The first-order valence-corrected chi connectivity index (χ1v) is 6.13. The summed E-state index contributed by atoms with van der Waals surface area (Å²) in [5.74, 6) is -1.99. The fraction of sp³-hybridized carbons (Fsp3) is 0.0714. The Labute approximate surface area is 119 Å². The Bertz CT molecular complexity index is 641.